The van der Waals surface area contributed by atoms with E-state index < -0.39 is 6.36 Å². The van der Waals surface area contributed by atoms with Crippen molar-refractivity contribution in [3.05, 3.63) is 47.0 Å². The predicted molar refractivity (Wildman–Crippen MR) is 57.0 cm³/mol. The lowest BCUT2D eigenvalue weighted by atomic mass is 10.1. The monoisotopic (exact) mass is 256 g/mol. The number of H-pyrrole nitrogens is 1. The Bertz CT molecular complexity index is 607. The summed E-state index contributed by atoms with van der Waals surface area (Å²) >= 11 is 0. The van der Waals surface area contributed by atoms with Gasteiger partial charge in [0, 0.05) is 11.6 Å². The largest absolute Gasteiger partial charge is 0.573 e. The van der Waals surface area contributed by atoms with Gasteiger partial charge < -0.3 is 9.72 Å². The maximum atomic E-state index is 12.0. The number of ether oxygens (including phenoxy) is 1. The summed E-state index contributed by atoms with van der Waals surface area (Å²) in [5, 5.41) is 0. The van der Waals surface area contributed by atoms with Crippen molar-refractivity contribution in [2.75, 3.05) is 0 Å². The van der Waals surface area contributed by atoms with Crippen LogP contribution in [0.3, 0.4) is 0 Å². The van der Waals surface area contributed by atoms with Gasteiger partial charge in [-0.15, -0.1) is 13.2 Å². The first-order chi connectivity index (χ1) is 8.44. The number of nitrogens with zero attached hydrogens (tertiary/aromatic N) is 1. The van der Waals surface area contributed by atoms with Gasteiger partial charge in [0.15, 0.2) is 0 Å². The molecule has 0 spiro atoms. The fourth-order valence-corrected chi connectivity index (χ4v) is 1.38. The lowest BCUT2D eigenvalue weighted by molar-refractivity contribution is -0.274. The molecule has 2 rings (SSSR count). The fraction of sp³-hybridized carbons (Fsp3) is 0.0909. The number of aromatic nitrogens is 2. The van der Waals surface area contributed by atoms with Crippen molar-refractivity contribution in [1.82, 2.24) is 9.97 Å². The second-order valence-electron chi connectivity index (χ2n) is 3.37. The number of benzene rings is 1. The van der Waals surface area contributed by atoms with Crippen LogP contribution < -0.4 is 10.3 Å². The zero-order valence-electron chi connectivity index (χ0n) is 8.86. The standard InChI is InChI=1S/C11H7F3N2O2/c12-11(13,14)18-8-3-1-2-7(4-8)9-5-10(17)16-6-15-9/h1-6H,(H,15,16,17). The number of nitrogens with one attached hydrogen (secondary N) is 1. The number of alkyl halides is 3. The third-order valence-corrected chi connectivity index (χ3v) is 2.04. The molecular formula is C11H7F3N2O2. The summed E-state index contributed by atoms with van der Waals surface area (Å²) in [4.78, 5) is 17.2. The molecule has 1 heterocycles. The first kappa shape index (κ1) is 12.2. The van der Waals surface area contributed by atoms with Gasteiger partial charge in [0.25, 0.3) is 5.56 Å². The molecule has 0 aliphatic carbocycles. The number of halogens is 3. The van der Waals surface area contributed by atoms with Crippen molar-refractivity contribution in [3.63, 3.8) is 0 Å². The van der Waals surface area contributed by atoms with Crippen LogP contribution in [-0.4, -0.2) is 16.3 Å². The predicted octanol–water partition coefficient (Wildman–Crippen LogP) is 2.34. The molecule has 0 radical (unpaired) electrons. The number of hydrogen-bond donors (Lipinski definition) is 1. The minimum atomic E-state index is -4.75. The number of aromatic amines is 1. The number of hydrogen-bond acceptors (Lipinski definition) is 3. The summed E-state index contributed by atoms with van der Waals surface area (Å²) in [5.74, 6) is -0.359. The lowest BCUT2D eigenvalue weighted by Crippen LogP contribution is -2.17. The van der Waals surface area contributed by atoms with Crippen LogP contribution in [-0.2, 0) is 0 Å². The molecule has 18 heavy (non-hydrogen) atoms. The van der Waals surface area contributed by atoms with Crippen molar-refractivity contribution in [2.24, 2.45) is 0 Å². The summed E-state index contributed by atoms with van der Waals surface area (Å²) < 4.78 is 39.9. The second-order valence-corrected chi connectivity index (χ2v) is 3.37. The summed E-state index contributed by atoms with van der Waals surface area (Å²) in [6.45, 7) is 0. The van der Waals surface area contributed by atoms with E-state index in [-0.39, 0.29) is 17.0 Å². The first-order valence-electron chi connectivity index (χ1n) is 4.85. The maximum Gasteiger partial charge on any atom is 0.573 e. The minimum Gasteiger partial charge on any atom is -0.406 e. The highest BCUT2D eigenvalue weighted by atomic mass is 19.4. The molecule has 1 N–H and O–H groups in total. The van der Waals surface area contributed by atoms with Gasteiger partial charge in [-0.2, -0.15) is 0 Å². The molecule has 7 heteroatoms. The van der Waals surface area contributed by atoms with Gasteiger partial charge in [0.1, 0.15) is 5.75 Å². The molecule has 1 aromatic heterocycles. The Kier molecular flexibility index (Phi) is 3.05. The van der Waals surface area contributed by atoms with Crippen LogP contribution in [0.2, 0.25) is 0 Å². The van der Waals surface area contributed by atoms with Crippen LogP contribution in [0.15, 0.2) is 41.5 Å². The Morgan fingerprint density at radius 1 is 1.22 bits per heavy atom. The molecule has 0 saturated carbocycles. The zero-order chi connectivity index (χ0) is 13.2. The topological polar surface area (TPSA) is 55.0 Å². The molecule has 0 unspecified atom stereocenters. The van der Waals surface area contributed by atoms with Gasteiger partial charge in [-0.25, -0.2) is 4.98 Å². The molecule has 0 aliphatic rings. The molecule has 0 bridgehead atoms. The van der Waals surface area contributed by atoms with Crippen LogP contribution in [0.25, 0.3) is 11.3 Å². The fourth-order valence-electron chi connectivity index (χ4n) is 1.38. The SMILES string of the molecule is O=c1cc(-c2cccc(OC(F)(F)F)c2)nc[nH]1. The third kappa shape index (κ3) is 3.09. The van der Waals surface area contributed by atoms with E-state index in [1.165, 1.54) is 30.6 Å². The highest BCUT2D eigenvalue weighted by Crippen LogP contribution is 2.26. The Hall–Kier alpha value is -2.31. The molecule has 1 aromatic carbocycles. The minimum absolute atomic E-state index is 0.270. The van der Waals surface area contributed by atoms with Gasteiger partial charge >= 0.3 is 6.36 Å². The van der Waals surface area contributed by atoms with E-state index in [4.69, 9.17) is 0 Å². The number of rotatable bonds is 2. The Balaban J connectivity index is 2.36. The van der Waals surface area contributed by atoms with Crippen LogP contribution in [0.4, 0.5) is 13.2 Å². The average molecular weight is 256 g/mol. The van der Waals surface area contributed by atoms with E-state index in [2.05, 4.69) is 14.7 Å². The summed E-state index contributed by atoms with van der Waals surface area (Å²) in [7, 11) is 0. The Labute approximate surface area is 99.1 Å². The Morgan fingerprint density at radius 3 is 2.67 bits per heavy atom. The Morgan fingerprint density at radius 2 is 2.00 bits per heavy atom. The zero-order valence-corrected chi connectivity index (χ0v) is 8.86. The highest BCUT2D eigenvalue weighted by molar-refractivity contribution is 5.60. The van der Waals surface area contributed by atoms with E-state index in [1.807, 2.05) is 0 Å². The van der Waals surface area contributed by atoms with E-state index in [9.17, 15) is 18.0 Å². The van der Waals surface area contributed by atoms with E-state index in [0.717, 1.165) is 6.07 Å². The van der Waals surface area contributed by atoms with Gasteiger partial charge in [-0.1, -0.05) is 12.1 Å². The molecule has 0 atom stereocenters. The summed E-state index contributed by atoms with van der Waals surface area (Å²) in [6.07, 6.45) is -3.57. The van der Waals surface area contributed by atoms with Crippen molar-refractivity contribution < 1.29 is 17.9 Å². The van der Waals surface area contributed by atoms with Crippen molar-refractivity contribution >= 4 is 0 Å². The molecular weight excluding hydrogens is 249 g/mol. The summed E-state index contributed by atoms with van der Waals surface area (Å²) in [6, 6.07) is 6.44. The molecule has 4 nitrogen and oxygen atoms in total. The van der Waals surface area contributed by atoms with Gasteiger partial charge in [0.2, 0.25) is 0 Å². The normalized spacial score (nSPS) is 11.3. The quantitative estimate of drug-likeness (QED) is 0.897. The van der Waals surface area contributed by atoms with Crippen molar-refractivity contribution in [2.45, 2.75) is 6.36 Å². The molecule has 0 saturated heterocycles. The van der Waals surface area contributed by atoms with Crippen molar-refractivity contribution in [1.29, 1.82) is 0 Å². The van der Waals surface area contributed by atoms with E-state index in [1.54, 1.807) is 0 Å². The average Bonchev–Trinajstić information content (AvgIpc) is 2.27. The maximum absolute atomic E-state index is 12.0. The molecule has 94 valence electrons. The van der Waals surface area contributed by atoms with Gasteiger partial charge in [0.05, 0.1) is 12.0 Å². The first-order valence-corrected chi connectivity index (χ1v) is 4.85. The molecule has 0 amide bonds. The lowest BCUT2D eigenvalue weighted by Gasteiger charge is -2.09. The van der Waals surface area contributed by atoms with Crippen LogP contribution in [0.1, 0.15) is 0 Å². The van der Waals surface area contributed by atoms with Crippen LogP contribution >= 0.6 is 0 Å². The van der Waals surface area contributed by atoms with Crippen LogP contribution in [0.5, 0.6) is 5.75 Å². The summed E-state index contributed by atoms with van der Waals surface area (Å²) in [5.41, 5.74) is 0.247. The molecule has 0 aliphatic heterocycles. The molecule has 0 fully saturated rings. The van der Waals surface area contributed by atoms with E-state index >= 15 is 0 Å². The highest BCUT2D eigenvalue weighted by Gasteiger charge is 2.31. The van der Waals surface area contributed by atoms with Gasteiger partial charge in [-0.3, -0.25) is 4.79 Å². The van der Waals surface area contributed by atoms with Crippen molar-refractivity contribution in [3.8, 4) is 17.0 Å². The smallest absolute Gasteiger partial charge is 0.406 e. The third-order valence-electron chi connectivity index (χ3n) is 2.04. The van der Waals surface area contributed by atoms with Crippen LogP contribution in [0, 0.1) is 0 Å². The molecule has 2 aromatic rings. The van der Waals surface area contributed by atoms with E-state index in [0.29, 0.717) is 5.56 Å². The van der Waals surface area contributed by atoms with Gasteiger partial charge in [-0.05, 0) is 12.1 Å². The second kappa shape index (κ2) is 4.52.